The predicted molar refractivity (Wildman–Crippen MR) is 119 cm³/mol. The number of piperazine rings is 1. The smallest absolute Gasteiger partial charge is 0.274 e. The van der Waals surface area contributed by atoms with Gasteiger partial charge in [-0.25, -0.2) is 10.5 Å². The van der Waals surface area contributed by atoms with Crippen molar-refractivity contribution in [2.75, 3.05) is 38.1 Å². The number of carbonyl (C=O) groups is 2. The van der Waals surface area contributed by atoms with Crippen LogP contribution in [0.3, 0.4) is 0 Å². The van der Waals surface area contributed by atoms with Crippen LogP contribution in [0.1, 0.15) is 15.9 Å². The minimum Gasteiger partial charge on any atom is -0.368 e. The Hall–Kier alpha value is -3.69. The highest BCUT2D eigenvalue weighted by Crippen LogP contribution is 2.30. The number of hydrogen-bond acceptors (Lipinski definition) is 6. The summed E-state index contributed by atoms with van der Waals surface area (Å²) in [5.74, 6) is -0.410. The van der Waals surface area contributed by atoms with Gasteiger partial charge in [0, 0.05) is 54.6 Å². The van der Waals surface area contributed by atoms with Crippen molar-refractivity contribution in [2.24, 2.45) is 5.73 Å². The van der Waals surface area contributed by atoms with Crippen LogP contribution in [0.2, 0.25) is 0 Å². The normalized spacial score (nSPS) is 15.0. The summed E-state index contributed by atoms with van der Waals surface area (Å²) in [6.45, 7) is 3.67. The van der Waals surface area contributed by atoms with E-state index in [2.05, 4.69) is 21.8 Å². The molecular formula is C22H24N6O3. The van der Waals surface area contributed by atoms with Crippen LogP contribution >= 0.6 is 0 Å². The second-order valence-electron chi connectivity index (χ2n) is 7.56. The minimum absolute atomic E-state index is 0.346. The number of nitrogens with two attached hydrogens (primary N) is 1. The molecule has 2 amide bonds. The van der Waals surface area contributed by atoms with Crippen LogP contribution in [0.25, 0.3) is 28.5 Å². The highest BCUT2D eigenvalue weighted by molar-refractivity contribution is 5.95. The minimum atomic E-state index is -0.571. The Kier molecular flexibility index (Phi) is 5.70. The number of imidazole rings is 1. The number of anilines is 1. The van der Waals surface area contributed by atoms with Crippen molar-refractivity contribution in [3.8, 4) is 11.4 Å². The van der Waals surface area contributed by atoms with Gasteiger partial charge in [-0.15, -0.1) is 0 Å². The zero-order valence-electron chi connectivity index (χ0n) is 17.1. The van der Waals surface area contributed by atoms with E-state index in [9.17, 15) is 9.59 Å². The van der Waals surface area contributed by atoms with Crippen molar-refractivity contribution in [1.82, 2.24) is 20.3 Å². The lowest BCUT2D eigenvalue weighted by Gasteiger charge is -2.34. The van der Waals surface area contributed by atoms with Crippen molar-refractivity contribution in [1.29, 1.82) is 0 Å². The van der Waals surface area contributed by atoms with E-state index < -0.39 is 11.8 Å². The Balaban J connectivity index is 1.73. The second-order valence-corrected chi connectivity index (χ2v) is 7.56. The van der Waals surface area contributed by atoms with Crippen molar-refractivity contribution >= 4 is 34.6 Å². The molecule has 1 saturated heterocycles. The molecule has 1 aromatic heterocycles. The first-order valence-electron chi connectivity index (χ1n) is 9.94. The van der Waals surface area contributed by atoms with Crippen LogP contribution in [-0.4, -0.2) is 65.1 Å². The van der Waals surface area contributed by atoms with Crippen LogP contribution in [0, 0.1) is 0 Å². The second kappa shape index (κ2) is 8.58. The van der Waals surface area contributed by atoms with Gasteiger partial charge >= 0.3 is 0 Å². The third kappa shape index (κ3) is 4.42. The van der Waals surface area contributed by atoms with Gasteiger partial charge in [-0.05, 0) is 37.4 Å². The molecule has 2 heterocycles. The predicted octanol–water partition coefficient (Wildman–Crippen LogP) is 1.60. The first kappa shape index (κ1) is 20.6. The number of fused-ring (bicyclic) bond motifs is 1. The molecule has 0 saturated carbocycles. The lowest BCUT2D eigenvalue weighted by Crippen LogP contribution is -2.44. The number of aromatic amines is 1. The monoisotopic (exact) mass is 420 g/mol. The number of hydrogen-bond donors (Lipinski definition) is 4. The summed E-state index contributed by atoms with van der Waals surface area (Å²) in [4.78, 5) is 35.4. The Morgan fingerprint density at radius 2 is 1.87 bits per heavy atom. The number of carbonyl (C=O) groups excluding carboxylic acids is 2. The quantitative estimate of drug-likeness (QED) is 0.282. The fourth-order valence-electron chi connectivity index (χ4n) is 3.67. The third-order valence-corrected chi connectivity index (χ3v) is 5.42. The maximum atomic E-state index is 11.5. The van der Waals surface area contributed by atoms with Gasteiger partial charge in [0.2, 0.25) is 5.91 Å². The van der Waals surface area contributed by atoms with E-state index in [0.717, 1.165) is 54.0 Å². The van der Waals surface area contributed by atoms with E-state index in [-0.39, 0.29) is 0 Å². The molecule has 0 aliphatic carbocycles. The van der Waals surface area contributed by atoms with Crippen molar-refractivity contribution < 1.29 is 14.8 Å². The average molecular weight is 420 g/mol. The Labute approximate surface area is 179 Å². The number of H-pyrrole nitrogens is 1. The number of benzene rings is 2. The molecule has 1 aliphatic rings. The molecular weight excluding hydrogens is 396 g/mol. The van der Waals surface area contributed by atoms with Gasteiger partial charge in [-0.3, -0.25) is 14.8 Å². The molecule has 0 radical (unpaired) electrons. The van der Waals surface area contributed by atoms with Gasteiger partial charge in [0.1, 0.15) is 5.82 Å². The molecule has 2 aromatic carbocycles. The average Bonchev–Trinajstić information content (AvgIpc) is 3.20. The first-order valence-corrected chi connectivity index (χ1v) is 9.94. The molecule has 0 unspecified atom stereocenters. The number of nitrogens with one attached hydrogen (secondary N) is 2. The number of amides is 2. The Morgan fingerprint density at radius 1 is 1.16 bits per heavy atom. The van der Waals surface area contributed by atoms with E-state index in [1.165, 1.54) is 6.08 Å². The number of primary amides is 1. The van der Waals surface area contributed by atoms with E-state index in [1.807, 2.05) is 12.1 Å². The first-order chi connectivity index (χ1) is 14.9. The summed E-state index contributed by atoms with van der Waals surface area (Å²) in [6.07, 6.45) is 3.10. The molecule has 31 heavy (non-hydrogen) atoms. The lowest BCUT2D eigenvalue weighted by atomic mass is 10.1. The molecule has 0 bridgehead atoms. The molecule has 1 aliphatic heterocycles. The summed E-state index contributed by atoms with van der Waals surface area (Å²) in [6, 6.07) is 10.7. The molecule has 160 valence electrons. The molecule has 5 N–H and O–H groups in total. The zero-order valence-corrected chi connectivity index (χ0v) is 17.1. The number of hydroxylamine groups is 1. The van der Waals surface area contributed by atoms with E-state index in [1.54, 1.807) is 35.8 Å². The summed E-state index contributed by atoms with van der Waals surface area (Å²) >= 11 is 0. The number of rotatable bonds is 5. The Bertz CT molecular complexity index is 1140. The van der Waals surface area contributed by atoms with Crippen LogP contribution in [0.4, 0.5) is 5.69 Å². The molecule has 3 aromatic rings. The molecule has 9 heteroatoms. The van der Waals surface area contributed by atoms with Crippen LogP contribution in [-0.2, 0) is 4.79 Å². The number of aromatic nitrogens is 2. The van der Waals surface area contributed by atoms with Gasteiger partial charge in [0.15, 0.2) is 0 Å². The summed E-state index contributed by atoms with van der Waals surface area (Å²) in [5.41, 5.74) is 11.6. The van der Waals surface area contributed by atoms with Crippen LogP contribution in [0.5, 0.6) is 0 Å². The highest BCUT2D eigenvalue weighted by Gasteiger charge is 2.18. The largest absolute Gasteiger partial charge is 0.368 e. The van der Waals surface area contributed by atoms with Crippen molar-refractivity contribution in [3.05, 3.63) is 53.6 Å². The van der Waals surface area contributed by atoms with Gasteiger partial charge in [-0.2, -0.15) is 0 Å². The van der Waals surface area contributed by atoms with E-state index in [4.69, 9.17) is 15.9 Å². The molecule has 9 nitrogen and oxygen atoms in total. The molecule has 0 atom stereocenters. The summed E-state index contributed by atoms with van der Waals surface area (Å²) in [5, 5.41) is 8.76. The van der Waals surface area contributed by atoms with E-state index in [0.29, 0.717) is 11.4 Å². The van der Waals surface area contributed by atoms with Crippen LogP contribution in [0.15, 0.2) is 42.5 Å². The molecule has 1 fully saturated rings. The standard InChI is InChI=1S/C22H24N6O3/c1-27-8-10-28(11-9-27)19-13-18-17(12-16(19)6-7-20(23)29)24-21(25-18)14-2-4-15(5-3-14)22(30)26-31/h2-7,12-13,31H,8-11H2,1H3,(H2,23,29)(H,24,25)(H,26,30)/b7-6+. The van der Waals surface area contributed by atoms with Gasteiger partial charge in [0.25, 0.3) is 5.91 Å². The van der Waals surface area contributed by atoms with Gasteiger partial charge in [-0.1, -0.05) is 12.1 Å². The van der Waals surface area contributed by atoms with Crippen molar-refractivity contribution in [2.45, 2.75) is 0 Å². The number of nitrogens with zero attached hydrogens (tertiary/aromatic N) is 3. The highest BCUT2D eigenvalue weighted by atomic mass is 16.5. The van der Waals surface area contributed by atoms with Crippen molar-refractivity contribution in [3.63, 3.8) is 0 Å². The SMILES string of the molecule is CN1CCN(c2cc3nc(-c4ccc(C(=O)NO)cc4)[nH]c3cc2/C=C/C(N)=O)CC1. The Morgan fingerprint density at radius 3 is 2.52 bits per heavy atom. The summed E-state index contributed by atoms with van der Waals surface area (Å²) < 4.78 is 0. The molecule has 4 rings (SSSR count). The third-order valence-electron chi connectivity index (χ3n) is 5.42. The maximum Gasteiger partial charge on any atom is 0.274 e. The molecule has 0 spiro atoms. The van der Waals surface area contributed by atoms with Crippen LogP contribution < -0.4 is 16.1 Å². The van der Waals surface area contributed by atoms with E-state index >= 15 is 0 Å². The summed E-state index contributed by atoms with van der Waals surface area (Å²) in [7, 11) is 2.10. The fourth-order valence-corrected chi connectivity index (χ4v) is 3.67. The number of likely N-dealkylation sites (N-methyl/N-ethyl adjacent to an activating group) is 1. The zero-order chi connectivity index (χ0) is 22.0. The lowest BCUT2D eigenvalue weighted by molar-refractivity contribution is -0.113. The van der Waals surface area contributed by atoms with Gasteiger partial charge in [0.05, 0.1) is 11.0 Å². The topological polar surface area (TPSA) is 128 Å². The van der Waals surface area contributed by atoms with Gasteiger partial charge < -0.3 is 20.5 Å². The maximum absolute atomic E-state index is 11.5. The fraction of sp³-hybridized carbons (Fsp3) is 0.227.